The van der Waals surface area contributed by atoms with Gasteiger partial charge < -0.3 is 15.4 Å². The molecular weight excluding hydrogens is 299 g/mol. The van der Waals surface area contributed by atoms with Crippen LogP contribution in [0.2, 0.25) is 0 Å². The summed E-state index contributed by atoms with van der Waals surface area (Å²) in [6, 6.07) is 9.48. The molecule has 6 heteroatoms. The Bertz CT molecular complexity index is 931. The summed E-state index contributed by atoms with van der Waals surface area (Å²) in [5, 5.41) is 12.5. The van der Waals surface area contributed by atoms with Crippen LogP contribution in [-0.4, -0.2) is 22.0 Å². The quantitative estimate of drug-likeness (QED) is 0.691. The number of aromatic amines is 1. The zero-order valence-corrected chi connectivity index (χ0v) is 12.2. The number of hydrogen-bond acceptors (Lipinski definition) is 2. The number of aromatic nitrogens is 1. The molecule has 23 heavy (non-hydrogen) atoms. The maximum atomic E-state index is 14.0. The average Bonchev–Trinajstić information content (AvgIpc) is 2.90. The summed E-state index contributed by atoms with van der Waals surface area (Å²) >= 11 is 0. The van der Waals surface area contributed by atoms with E-state index in [0.29, 0.717) is 5.69 Å². The second-order valence-electron chi connectivity index (χ2n) is 5.10. The molecule has 3 aromatic rings. The van der Waals surface area contributed by atoms with Crippen molar-refractivity contribution in [2.75, 3.05) is 5.32 Å². The van der Waals surface area contributed by atoms with Crippen molar-refractivity contribution in [2.24, 2.45) is 0 Å². The topological polar surface area (TPSA) is 82.2 Å². The first-order chi connectivity index (χ1) is 11.0. The lowest BCUT2D eigenvalue weighted by Gasteiger charge is -2.10. The normalized spacial score (nSPS) is 10.7. The maximum Gasteiger partial charge on any atom is 0.335 e. The number of aromatic carboxylic acids is 1. The summed E-state index contributed by atoms with van der Waals surface area (Å²) in [4.78, 5) is 26.6. The standard InChI is InChI=1S/C17H13FN2O3/c1-9-10(17(22)23)6-7-12(18)15(9)16(21)20-14-8-19-13-5-3-2-4-11(13)14/h2-8,19H,1H3,(H,20,21)(H,22,23). The van der Waals surface area contributed by atoms with E-state index in [1.165, 1.54) is 6.92 Å². The fourth-order valence-electron chi connectivity index (χ4n) is 2.55. The zero-order valence-electron chi connectivity index (χ0n) is 12.2. The molecule has 0 radical (unpaired) electrons. The zero-order chi connectivity index (χ0) is 16.6. The van der Waals surface area contributed by atoms with Crippen LogP contribution in [0.25, 0.3) is 10.9 Å². The molecule has 116 valence electrons. The minimum atomic E-state index is -1.20. The molecule has 0 spiro atoms. The number of halogens is 1. The average molecular weight is 312 g/mol. The summed E-state index contributed by atoms with van der Waals surface area (Å²) in [6.45, 7) is 1.41. The number of nitrogens with one attached hydrogen (secondary N) is 2. The van der Waals surface area contributed by atoms with Gasteiger partial charge in [0.25, 0.3) is 5.91 Å². The van der Waals surface area contributed by atoms with Crippen molar-refractivity contribution in [3.8, 4) is 0 Å². The lowest BCUT2D eigenvalue weighted by atomic mass is 10.0. The molecule has 0 aliphatic carbocycles. The summed E-state index contributed by atoms with van der Waals surface area (Å²) in [5.41, 5.74) is 1.06. The molecule has 0 aliphatic heterocycles. The van der Waals surface area contributed by atoms with Crippen LogP contribution in [0.1, 0.15) is 26.3 Å². The molecule has 0 fully saturated rings. The summed E-state index contributed by atoms with van der Waals surface area (Å²) in [5.74, 6) is -2.65. The molecule has 3 N–H and O–H groups in total. The van der Waals surface area contributed by atoms with E-state index in [4.69, 9.17) is 5.11 Å². The number of fused-ring (bicyclic) bond motifs is 1. The van der Waals surface area contributed by atoms with Crippen LogP contribution in [0.4, 0.5) is 10.1 Å². The van der Waals surface area contributed by atoms with Crippen molar-refractivity contribution in [3.63, 3.8) is 0 Å². The highest BCUT2D eigenvalue weighted by atomic mass is 19.1. The largest absolute Gasteiger partial charge is 0.478 e. The van der Waals surface area contributed by atoms with Crippen LogP contribution >= 0.6 is 0 Å². The lowest BCUT2D eigenvalue weighted by Crippen LogP contribution is -2.17. The van der Waals surface area contributed by atoms with Crippen LogP contribution in [0.15, 0.2) is 42.6 Å². The Labute approximate surface area is 130 Å². The maximum absolute atomic E-state index is 14.0. The number of rotatable bonds is 3. The van der Waals surface area contributed by atoms with Crippen LogP contribution in [-0.2, 0) is 0 Å². The number of carbonyl (C=O) groups is 2. The van der Waals surface area contributed by atoms with E-state index in [1.54, 1.807) is 6.20 Å². The van der Waals surface area contributed by atoms with E-state index in [2.05, 4.69) is 10.3 Å². The summed E-state index contributed by atoms with van der Waals surface area (Å²) < 4.78 is 14.0. The molecule has 0 aliphatic rings. The Morgan fingerprint density at radius 1 is 1.17 bits per heavy atom. The first-order valence-corrected chi connectivity index (χ1v) is 6.89. The minimum Gasteiger partial charge on any atom is -0.478 e. The van der Waals surface area contributed by atoms with Gasteiger partial charge in [-0.3, -0.25) is 4.79 Å². The Morgan fingerprint density at radius 2 is 1.91 bits per heavy atom. The van der Waals surface area contributed by atoms with Crippen molar-refractivity contribution in [1.82, 2.24) is 4.98 Å². The molecule has 0 atom stereocenters. The van der Waals surface area contributed by atoms with E-state index in [9.17, 15) is 14.0 Å². The molecule has 1 aromatic heterocycles. The van der Waals surface area contributed by atoms with Crippen molar-refractivity contribution >= 4 is 28.5 Å². The van der Waals surface area contributed by atoms with E-state index in [0.717, 1.165) is 23.0 Å². The van der Waals surface area contributed by atoms with Gasteiger partial charge in [0.15, 0.2) is 0 Å². The predicted molar refractivity (Wildman–Crippen MR) is 84.3 cm³/mol. The molecule has 1 heterocycles. The number of para-hydroxylation sites is 1. The predicted octanol–water partition coefficient (Wildman–Crippen LogP) is 3.57. The van der Waals surface area contributed by atoms with Crippen LogP contribution in [0.5, 0.6) is 0 Å². The van der Waals surface area contributed by atoms with Gasteiger partial charge in [0.05, 0.1) is 16.8 Å². The number of amides is 1. The third-order valence-corrected chi connectivity index (χ3v) is 3.71. The molecule has 2 aromatic carbocycles. The molecular formula is C17H13FN2O3. The minimum absolute atomic E-state index is 0.0924. The first-order valence-electron chi connectivity index (χ1n) is 6.89. The molecule has 0 saturated carbocycles. The van der Waals surface area contributed by atoms with E-state index in [1.807, 2.05) is 24.3 Å². The molecule has 3 rings (SSSR count). The third-order valence-electron chi connectivity index (χ3n) is 3.71. The number of carboxylic acid groups (broad SMARTS) is 1. The Kier molecular flexibility index (Phi) is 3.57. The molecule has 5 nitrogen and oxygen atoms in total. The fourth-order valence-corrected chi connectivity index (χ4v) is 2.55. The van der Waals surface area contributed by atoms with Gasteiger partial charge in [-0.1, -0.05) is 18.2 Å². The number of hydrogen-bond donors (Lipinski definition) is 3. The fraction of sp³-hybridized carbons (Fsp3) is 0.0588. The summed E-state index contributed by atoms with van der Waals surface area (Å²) in [7, 11) is 0. The smallest absolute Gasteiger partial charge is 0.335 e. The number of anilines is 1. The van der Waals surface area contributed by atoms with Gasteiger partial charge in [-0.25, -0.2) is 9.18 Å². The third kappa shape index (κ3) is 2.55. The van der Waals surface area contributed by atoms with Gasteiger partial charge in [0.2, 0.25) is 0 Å². The van der Waals surface area contributed by atoms with Gasteiger partial charge >= 0.3 is 5.97 Å². The highest BCUT2D eigenvalue weighted by Crippen LogP contribution is 2.25. The van der Waals surface area contributed by atoms with Gasteiger partial charge in [0.1, 0.15) is 5.82 Å². The summed E-state index contributed by atoms with van der Waals surface area (Å²) in [6.07, 6.45) is 1.61. The number of carboxylic acids is 1. The van der Waals surface area contributed by atoms with Gasteiger partial charge in [0, 0.05) is 17.1 Å². The molecule has 0 saturated heterocycles. The van der Waals surface area contributed by atoms with Gasteiger partial charge in [-0.05, 0) is 30.7 Å². The Balaban J connectivity index is 2.01. The second-order valence-corrected chi connectivity index (χ2v) is 5.10. The Hall–Kier alpha value is -3.15. The monoisotopic (exact) mass is 312 g/mol. The van der Waals surface area contributed by atoms with Crippen molar-refractivity contribution in [1.29, 1.82) is 0 Å². The highest BCUT2D eigenvalue weighted by molar-refractivity contribution is 6.10. The number of H-pyrrole nitrogens is 1. The van der Waals surface area contributed by atoms with E-state index in [-0.39, 0.29) is 16.7 Å². The first kappa shape index (κ1) is 14.8. The van der Waals surface area contributed by atoms with E-state index >= 15 is 0 Å². The Morgan fingerprint density at radius 3 is 2.65 bits per heavy atom. The van der Waals surface area contributed by atoms with Crippen molar-refractivity contribution in [3.05, 3.63) is 65.1 Å². The van der Waals surface area contributed by atoms with E-state index < -0.39 is 17.7 Å². The van der Waals surface area contributed by atoms with Crippen LogP contribution in [0, 0.1) is 12.7 Å². The number of benzene rings is 2. The molecule has 0 unspecified atom stereocenters. The molecule has 0 bridgehead atoms. The molecule has 1 amide bonds. The number of carbonyl (C=O) groups excluding carboxylic acids is 1. The highest BCUT2D eigenvalue weighted by Gasteiger charge is 2.21. The second kappa shape index (κ2) is 5.57. The van der Waals surface area contributed by atoms with Crippen molar-refractivity contribution in [2.45, 2.75) is 6.92 Å². The van der Waals surface area contributed by atoms with Crippen LogP contribution in [0.3, 0.4) is 0 Å². The lowest BCUT2D eigenvalue weighted by molar-refractivity contribution is 0.0696. The van der Waals surface area contributed by atoms with Crippen molar-refractivity contribution < 1.29 is 19.1 Å². The van der Waals surface area contributed by atoms with Gasteiger partial charge in [-0.15, -0.1) is 0 Å². The SMILES string of the molecule is Cc1c(C(=O)O)ccc(F)c1C(=O)Nc1c[nH]c2ccccc12. The van der Waals surface area contributed by atoms with Crippen LogP contribution < -0.4 is 5.32 Å². The van der Waals surface area contributed by atoms with Gasteiger partial charge in [-0.2, -0.15) is 0 Å².